The second kappa shape index (κ2) is 6.77. The Hall–Kier alpha value is -1.10. The van der Waals surface area contributed by atoms with Crippen LogP contribution in [0.3, 0.4) is 0 Å². The maximum Gasteiger partial charge on any atom is 0.124 e. The Balaban J connectivity index is 2.13. The molecule has 0 saturated heterocycles. The number of benzene rings is 1. The van der Waals surface area contributed by atoms with Crippen LogP contribution in [0.5, 0.6) is 0 Å². The van der Waals surface area contributed by atoms with Gasteiger partial charge in [0.05, 0.1) is 22.5 Å². The molecule has 6 heteroatoms. The Bertz CT molecular complexity index is 643. The fraction of sp³-hybridized carbons (Fsp3) is 0.400. The van der Waals surface area contributed by atoms with Crippen molar-refractivity contribution in [2.45, 2.75) is 39.3 Å². The van der Waals surface area contributed by atoms with Crippen molar-refractivity contribution in [1.29, 1.82) is 0 Å². The SMILES string of the molecule is CCn1nc(C)c(Cl)c1CC(O)Cc1ccc(F)cc1Cl. The third kappa shape index (κ3) is 3.76. The van der Waals surface area contributed by atoms with Gasteiger partial charge in [-0.1, -0.05) is 29.3 Å². The summed E-state index contributed by atoms with van der Waals surface area (Å²) >= 11 is 12.2. The van der Waals surface area contributed by atoms with Gasteiger partial charge >= 0.3 is 0 Å². The van der Waals surface area contributed by atoms with Crippen molar-refractivity contribution < 1.29 is 9.50 Å². The van der Waals surface area contributed by atoms with Gasteiger partial charge in [0.15, 0.2) is 0 Å². The first-order valence-corrected chi connectivity index (χ1v) is 7.51. The predicted octanol–water partition coefficient (Wildman–Crippen LogP) is 3.80. The highest BCUT2D eigenvalue weighted by Crippen LogP contribution is 2.24. The minimum atomic E-state index is -0.660. The van der Waals surface area contributed by atoms with Crippen LogP contribution in [0.1, 0.15) is 23.9 Å². The van der Waals surface area contributed by atoms with Gasteiger partial charge in [0.2, 0.25) is 0 Å². The number of hydrogen-bond donors (Lipinski definition) is 1. The summed E-state index contributed by atoms with van der Waals surface area (Å²) < 4.78 is 14.8. The number of aromatic nitrogens is 2. The van der Waals surface area contributed by atoms with Crippen molar-refractivity contribution in [1.82, 2.24) is 9.78 Å². The molecule has 2 rings (SSSR count). The van der Waals surface area contributed by atoms with Gasteiger partial charge in [-0.2, -0.15) is 5.10 Å². The fourth-order valence-corrected chi connectivity index (χ4v) is 2.76. The van der Waals surface area contributed by atoms with E-state index in [9.17, 15) is 9.50 Å². The van der Waals surface area contributed by atoms with Crippen LogP contribution in [0.4, 0.5) is 4.39 Å². The van der Waals surface area contributed by atoms with Crippen LogP contribution in [0, 0.1) is 12.7 Å². The summed E-state index contributed by atoms with van der Waals surface area (Å²) in [6.07, 6.45) is 0.0526. The molecule has 1 N–H and O–H groups in total. The molecule has 2 aromatic rings. The summed E-state index contributed by atoms with van der Waals surface area (Å²) in [5.41, 5.74) is 2.27. The number of nitrogens with zero attached hydrogens (tertiary/aromatic N) is 2. The quantitative estimate of drug-likeness (QED) is 0.905. The molecule has 0 saturated carbocycles. The first-order chi connectivity index (χ1) is 9.92. The van der Waals surface area contributed by atoms with E-state index < -0.39 is 6.10 Å². The highest BCUT2D eigenvalue weighted by Gasteiger charge is 2.17. The van der Waals surface area contributed by atoms with Crippen molar-refractivity contribution in [3.05, 3.63) is 51.0 Å². The van der Waals surface area contributed by atoms with Crippen LogP contribution in [0.2, 0.25) is 10.0 Å². The lowest BCUT2D eigenvalue weighted by Gasteiger charge is -2.13. The van der Waals surface area contributed by atoms with Gasteiger partial charge in [-0.05, 0) is 31.5 Å². The number of aryl methyl sites for hydroxylation is 2. The van der Waals surface area contributed by atoms with E-state index in [0.717, 1.165) is 11.4 Å². The number of aliphatic hydroxyl groups is 1. The van der Waals surface area contributed by atoms with Crippen molar-refractivity contribution in [3.63, 3.8) is 0 Å². The molecular formula is C15H17Cl2FN2O. The molecule has 0 spiro atoms. The first kappa shape index (κ1) is 16.3. The van der Waals surface area contributed by atoms with Crippen LogP contribution in [0.25, 0.3) is 0 Å². The second-order valence-corrected chi connectivity index (χ2v) is 5.74. The highest BCUT2D eigenvalue weighted by atomic mass is 35.5. The molecule has 0 aliphatic carbocycles. The number of hydrogen-bond acceptors (Lipinski definition) is 2. The highest BCUT2D eigenvalue weighted by molar-refractivity contribution is 6.32. The lowest BCUT2D eigenvalue weighted by molar-refractivity contribution is 0.172. The summed E-state index contributed by atoms with van der Waals surface area (Å²) in [6, 6.07) is 4.17. The summed E-state index contributed by atoms with van der Waals surface area (Å²) in [7, 11) is 0. The summed E-state index contributed by atoms with van der Waals surface area (Å²) in [4.78, 5) is 0. The van der Waals surface area contributed by atoms with E-state index in [4.69, 9.17) is 23.2 Å². The van der Waals surface area contributed by atoms with Crippen molar-refractivity contribution in [2.75, 3.05) is 0 Å². The Morgan fingerprint density at radius 1 is 1.33 bits per heavy atom. The van der Waals surface area contributed by atoms with Gasteiger partial charge < -0.3 is 5.11 Å². The van der Waals surface area contributed by atoms with Crippen molar-refractivity contribution in [3.8, 4) is 0 Å². The molecule has 114 valence electrons. The maximum absolute atomic E-state index is 13.0. The molecule has 0 aliphatic heterocycles. The molecule has 1 atom stereocenters. The van der Waals surface area contributed by atoms with Gasteiger partial charge in [0.1, 0.15) is 5.82 Å². The normalized spacial score (nSPS) is 12.7. The standard InChI is InChI=1S/C15H17Cl2FN2O/c1-3-20-14(15(17)9(2)19-20)8-12(21)6-10-4-5-11(18)7-13(10)16/h4-5,7,12,21H,3,6,8H2,1-2H3. The average molecular weight is 331 g/mol. The van der Waals surface area contributed by atoms with E-state index in [1.807, 2.05) is 13.8 Å². The van der Waals surface area contributed by atoms with E-state index in [-0.39, 0.29) is 5.82 Å². The summed E-state index contributed by atoms with van der Waals surface area (Å²) in [5, 5.41) is 15.5. The Morgan fingerprint density at radius 3 is 2.67 bits per heavy atom. The molecule has 1 unspecified atom stereocenters. The third-order valence-corrected chi connectivity index (χ3v) is 4.20. The monoisotopic (exact) mass is 330 g/mol. The molecule has 21 heavy (non-hydrogen) atoms. The summed E-state index contributed by atoms with van der Waals surface area (Å²) in [6.45, 7) is 4.49. The van der Waals surface area contributed by atoms with Gasteiger partial charge in [0.25, 0.3) is 0 Å². The zero-order valence-electron chi connectivity index (χ0n) is 11.9. The number of halogens is 3. The van der Waals surface area contributed by atoms with Crippen LogP contribution < -0.4 is 0 Å². The topological polar surface area (TPSA) is 38.0 Å². The first-order valence-electron chi connectivity index (χ1n) is 6.76. The van der Waals surface area contributed by atoms with E-state index in [2.05, 4.69) is 5.10 Å². The zero-order valence-corrected chi connectivity index (χ0v) is 13.4. The third-order valence-electron chi connectivity index (χ3n) is 3.35. The smallest absolute Gasteiger partial charge is 0.124 e. The molecule has 0 fully saturated rings. The van der Waals surface area contributed by atoms with Gasteiger partial charge in [-0.15, -0.1) is 0 Å². The van der Waals surface area contributed by atoms with Gasteiger partial charge in [-0.25, -0.2) is 4.39 Å². The largest absolute Gasteiger partial charge is 0.392 e. The van der Waals surface area contributed by atoms with Crippen LogP contribution in [-0.4, -0.2) is 21.0 Å². The number of aliphatic hydroxyl groups excluding tert-OH is 1. The van der Waals surface area contributed by atoms with Crippen LogP contribution in [-0.2, 0) is 19.4 Å². The molecule has 1 heterocycles. The fourth-order valence-electron chi connectivity index (χ4n) is 2.30. The lowest BCUT2D eigenvalue weighted by Crippen LogP contribution is -2.17. The lowest BCUT2D eigenvalue weighted by atomic mass is 10.0. The molecule has 0 amide bonds. The Morgan fingerprint density at radius 2 is 2.05 bits per heavy atom. The van der Waals surface area contributed by atoms with Gasteiger partial charge in [0, 0.05) is 24.4 Å². The second-order valence-electron chi connectivity index (χ2n) is 4.96. The Labute approximate surface area is 133 Å². The van der Waals surface area contributed by atoms with Crippen molar-refractivity contribution >= 4 is 23.2 Å². The molecule has 1 aromatic carbocycles. The molecular weight excluding hydrogens is 314 g/mol. The molecule has 0 bridgehead atoms. The summed E-state index contributed by atoms with van der Waals surface area (Å²) in [5.74, 6) is -0.388. The van der Waals surface area contributed by atoms with E-state index >= 15 is 0 Å². The molecule has 0 radical (unpaired) electrons. The van der Waals surface area contributed by atoms with Crippen LogP contribution in [0.15, 0.2) is 18.2 Å². The van der Waals surface area contributed by atoms with E-state index in [1.165, 1.54) is 12.1 Å². The maximum atomic E-state index is 13.0. The minimum Gasteiger partial charge on any atom is -0.392 e. The van der Waals surface area contributed by atoms with Crippen molar-refractivity contribution in [2.24, 2.45) is 0 Å². The average Bonchev–Trinajstić information content (AvgIpc) is 2.69. The minimum absolute atomic E-state index is 0.320. The van der Waals surface area contributed by atoms with Gasteiger partial charge in [-0.3, -0.25) is 4.68 Å². The van der Waals surface area contributed by atoms with Crippen LogP contribution >= 0.6 is 23.2 Å². The zero-order chi connectivity index (χ0) is 15.6. The molecule has 0 aliphatic rings. The predicted molar refractivity (Wildman–Crippen MR) is 82.5 cm³/mol. The van der Waals surface area contributed by atoms with E-state index in [1.54, 1.807) is 10.7 Å². The number of rotatable bonds is 5. The molecule has 3 nitrogen and oxygen atoms in total. The Kier molecular flexibility index (Phi) is 5.25. The molecule has 1 aromatic heterocycles. The van der Waals surface area contributed by atoms with E-state index in [0.29, 0.717) is 35.0 Å².